The van der Waals surface area contributed by atoms with Crippen LogP contribution in [0, 0.1) is 10.8 Å². The molecule has 11 heteroatoms. The van der Waals surface area contributed by atoms with E-state index in [9.17, 15) is 19.8 Å². The maximum absolute atomic E-state index is 13.5. The Labute approximate surface area is 360 Å². The van der Waals surface area contributed by atoms with Crippen LogP contribution < -0.4 is 27.4 Å². The predicted molar refractivity (Wildman–Crippen MR) is 239 cm³/mol. The van der Waals surface area contributed by atoms with Crippen LogP contribution in [0.15, 0.2) is 22.9 Å². The molecule has 6 unspecified atom stereocenters. The Kier molecular flexibility index (Phi) is 27.1. The molecule has 0 aliphatic heterocycles. The molecule has 11 nitrogen and oxygen atoms in total. The molecule has 1 fully saturated rings. The Balaban J connectivity index is 1.82. The summed E-state index contributed by atoms with van der Waals surface area (Å²) in [5.41, 5.74) is 12.6. The lowest BCUT2D eigenvalue weighted by Gasteiger charge is -2.46. The van der Waals surface area contributed by atoms with Crippen molar-refractivity contribution in [2.24, 2.45) is 22.3 Å². The van der Waals surface area contributed by atoms with Gasteiger partial charge in [-0.2, -0.15) is 0 Å². The van der Waals surface area contributed by atoms with Crippen LogP contribution in [0.3, 0.4) is 0 Å². The van der Waals surface area contributed by atoms with Crippen molar-refractivity contribution in [3.63, 3.8) is 0 Å². The van der Waals surface area contributed by atoms with Crippen LogP contribution in [0.4, 0.5) is 0 Å². The smallest absolute Gasteiger partial charge is 0.333 e. The predicted octanol–water partition coefficient (Wildman–Crippen LogP) is 7.20. The van der Waals surface area contributed by atoms with E-state index in [2.05, 4.69) is 46.0 Å². The number of quaternary nitrogens is 2. The molecule has 6 atom stereocenters. The summed E-state index contributed by atoms with van der Waals surface area (Å²) in [5, 5.41) is 29.0. The first-order valence-electron chi connectivity index (χ1n) is 24.2. The standard InChI is InChI=1S/C48H91N5O6/c1-7-9-11-13-15-17-18-20-22-24-26-41(25-23-21-19-16-14-12-10-8-2)59-44(55)38-27-29-39(30-28-38)52-45(56)53-40-33-47(4,5)35-48(6,34-40)36-51-46(57)58-32-31-42(37(3)49)43(50)54/h27,39-41,45-46,51-53,56-57H,7-26,28-36,49H2,1-6H3,(H2,50,54)/p+2/b42-37-. The van der Waals surface area contributed by atoms with E-state index in [-0.39, 0.29) is 48.0 Å². The molecule has 0 bridgehead atoms. The number of aliphatic hydroxyl groups is 2. The molecule has 2 aliphatic carbocycles. The average Bonchev–Trinajstić information content (AvgIpc) is 3.16. The molecule has 1 amide bonds. The monoisotopic (exact) mass is 836 g/mol. The van der Waals surface area contributed by atoms with Crippen molar-refractivity contribution in [2.75, 3.05) is 13.2 Å². The van der Waals surface area contributed by atoms with Crippen molar-refractivity contribution in [2.45, 2.75) is 246 Å². The van der Waals surface area contributed by atoms with Crippen molar-refractivity contribution in [1.29, 1.82) is 0 Å². The van der Waals surface area contributed by atoms with E-state index in [4.69, 9.17) is 20.9 Å². The zero-order valence-electron chi connectivity index (χ0n) is 38.8. The lowest BCUT2D eigenvalue weighted by molar-refractivity contribution is -0.773. The number of carbonyl (C=O) groups excluding carboxylic acids is 2. The summed E-state index contributed by atoms with van der Waals surface area (Å²) in [6.45, 7) is 13.7. The second kappa shape index (κ2) is 30.1. The number of ether oxygens (including phenoxy) is 2. The number of esters is 1. The highest BCUT2D eigenvalue weighted by atomic mass is 16.6. The Morgan fingerprint density at radius 3 is 1.88 bits per heavy atom. The highest BCUT2D eigenvalue weighted by Crippen LogP contribution is 2.45. The van der Waals surface area contributed by atoms with Crippen LogP contribution in [-0.2, 0) is 19.1 Å². The zero-order valence-corrected chi connectivity index (χ0v) is 38.8. The van der Waals surface area contributed by atoms with Gasteiger partial charge in [-0.05, 0) is 63.7 Å². The normalized spacial score (nSPS) is 22.6. The van der Waals surface area contributed by atoms with Gasteiger partial charge in [0.05, 0.1) is 19.2 Å². The van der Waals surface area contributed by atoms with E-state index in [1.54, 1.807) is 12.2 Å². The molecule has 0 spiro atoms. The highest BCUT2D eigenvalue weighted by molar-refractivity contribution is 5.92. The van der Waals surface area contributed by atoms with Gasteiger partial charge in [-0.25, -0.2) is 10.1 Å². The molecule has 0 aromatic carbocycles. The van der Waals surface area contributed by atoms with Crippen LogP contribution in [0.1, 0.15) is 215 Å². The van der Waals surface area contributed by atoms with Crippen LogP contribution in [0.5, 0.6) is 0 Å². The van der Waals surface area contributed by atoms with Gasteiger partial charge < -0.3 is 36.5 Å². The molecule has 0 saturated heterocycles. The summed E-state index contributed by atoms with van der Waals surface area (Å²) >= 11 is 0. The summed E-state index contributed by atoms with van der Waals surface area (Å²) < 4.78 is 11.8. The van der Waals surface area contributed by atoms with E-state index in [0.717, 1.165) is 63.4 Å². The molecule has 0 heterocycles. The topological polar surface area (TPSA) is 190 Å². The lowest BCUT2D eigenvalue weighted by Crippen LogP contribution is -2.98. The molecule has 11 N–H and O–H groups in total. The summed E-state index contributed by atoms with van der Waals surface area (Å²) in [5.74, 6) is -0.707. The Bertz CT molecular complexity index is 1220. The zero-order chi connectivity index (χ0) is 43.5. The molecule has 2 aliphatic rings. The number of aliphatic hydroxyl groups excluding tert-OH is 2. The van der Waals surface area contributed by atoms with Crippen LogP contribution in [-0.4, -0.2) is 66.2 Å². The molecule has 1 saturated carbocycles. The van der Waals surface area contributed by atoms with E-state index >= 15 is 0 Å². The van der Waals surface area contributed by atoms with Gasteiger partial charge in [-0.1, -0.05) is 143 Å². The summed E-state index contributed by atoms with van der Waals surface area (Å²) in [6.07, 6.45) is 30.7. The van der Waals surface area contributed by atoms with Crippen molar-refractivity contribution >= 4 is 11.9 Å². The summed E-state index contributed by atoms with van der Waals surface area (Å²) in [7, 11) is 0. The van der Waals surface area contributed by atoms with Crippen molar-refractivity contribution in [3.8, 4) is 0 Å². The number of unbranched alkanes of at least 4 members (excludes halogenated alkanes) is 16. The SMILES string of the molecule is CCCCCCCCCCCCC(CCCCCCCCCC)OC(=O)C1=CCC([NH2+]C(O)NC2CC(C)(C)CC(C)(C[NH2+]C(O)OCC/C(C(N)=O)=C(\C)N)C2)CC1. The van der Waals surface area contributed by atoms with Gasteiger partial charge in [0.25, 0.3) is 0 Å². The fraction of sp³-hybridized carbons (Fsp3) is 0.875. The van der Waals surface area contributed by atoms with Crippen molar-refractivity contribution in [3.05, 3.63) is 22.9 Å². The fourth-order valence-corrected chi connectivity index (χ4v) is 9.78. The fourth-order valence-electron chi connectivity index (χ4n) is 9.78. The first-order valence-corrected chi connectivity index (χ1v) is 24.2. The van der Waals surface area contributed by atoms with E-state index in [1.807, 2.05) is 5.32 Å². The third kappa shape index (κ3) is 24.3. The molecule has 2 rings (SSSR count). The molecule has 0 aromatic heterocycles. The molecule has 0 radical (unpaired) electrons. The molecular formula is C48H93N5O6+2. The minimum Gasteiger partial charge on any atom is -0.459 e. The molecule has 344 valence electrons. The minimum absolute atomic E-state index is 0.00577. The largest absolute Gasteiger partial charge is 0.459 e. The lowest BCUT2D eigenvalue weighted by atomic mass is 9.62. The van der Waals surface area contributed by atoms with Gasteiger partial charge in [-0.3, -0.25) is 10.1 Å². The third-order valence-electron chi connectivity index (χ3n) is 12.8. The quantitative estimate of drug-likeness (QED) is 0.0153. The molecular weight excluding hydrogens is 743 g/mol. The molecule has 0 aromatic rings. The second-order valence-corrected chi connectivity index (χ2v) is 19.6. The molecule has 59 heavy (non-hydrogen) atoms. The van der Waals surface area contributed by atoms with Gasteiger partial charge in [0.15, 0.2) is 0 Å². The Hall–Kier alpha value is -2.02. The van der Waals surface area contributed by atoms with Gasteiger partial charge in [-0.15, -0.1) is 0 Å². The number of rotatable bonds is 34. The van der Waals surface area contributed by atoms with E-state index in [1.165, 1.54) is 103 Å². The van der Waals surface area contributed by atoms with Gasteiger partial charge in [0.1, 0.15) is 6.10 Å². The highest BCUT2D eigenvalue weighted by Gasteiger charge is 2.43. The number of amides is 1. The number of primary amides is 1. The number of hydrogen-bond donors (Lipinski definition) is 7. The number of nitrogens with one attached hydrogen (secondary N) is 1. The van der Waals surface area contributed by atoms with E-state index in [0.29, 0.717) is 24.2 Å². The van der Waals surface area contributed by atoms with Crippen molar-refractivity contribution in [1.82, 2.24) is 5.32 Å². The minimum atomic E-state index is -1.07. The first-order chi connectivity index (χ1) is 28.2. The number of hydrogen-bond acceptors (Lipinski definition) is 8. The van der Waals surface area contributed by atoms with Gasteiger partial charge in [0.2, 0.25) is 12.3 Å². The number of carbonyl (C=O) groups is 2. The maximum Gasteiger partial charge on any atom is 0.333 e. The third-order valence-corrected chi connectivity index (χ3v) is 12.8. The van der Waals surface area contributed by atoms with E-state index < -0.39 is 18.7 Å². The second-order valence-electron chi connectivity index (χ2n) is 19.6. The summed E-state index contributed by atoms with van der Waals surface area (Å²) in [4.78, 5) is 25.0. The Morgan fingerprint density at radius 2 is 1.39 bits per heavy atom. The van der Waals surface area contributed by atoms with Crippen LogP contribution in [0.2, 0.25) is 0 Å². The summed E-state index contributed by atoms with van der Waals surface area (Å²) in [6, 6.07) is 0.292. The number of allylic oxidation sites excluding steroid dienone is 1. The number of nitrogens with two attached hydrogens (primary N) is 4. The van der Waals surface area contributed by atoms with Crippen molar-refractivity contribution < 1.29 is 39.9 Å². The van der Waals surface area contributed by atoms with Gasteiger partial charge >= 0.3 is 12.4 Å². The first kappa shape index (κ1) is 53.1. The maximum atomic E-state index is 13.5. The van der Waals surface area contributed by atoms with Crippen LogP contribution in [0.25, 0.3) is 0 Å². The van der Waals surface area contributed by atoms with Gasteiger partial charge in [0, 0.05) is 47.6 Å². The Morgan fingerprint density at radius 1 is 0.847 bits per heavy atom. The average molecular weight is 836 g/mol. The van der Waals surface area contributed by atoms with Crippen LogP contribution >= 0.6 is 0 Å².